The van der Waals surface area contributed by atoms with Crippen LogP contribution in [0, 0.1) is 12.8 Å². The number of nitrogens with zero attached hydrogens (tertiary/aromatic N) is 4. The van der Waals surface area contributed by atoms with E-state index >= 15 is 0 Å². The maximum atomic E-state index is 12.9. The summed E-state index contributed by atoms with van der Waals surface area (Å²) in [4.78, 5) is 21.6. The van der Waals surface area contributed by atoms with E-state index in [1.54, 1.807) is 13.8 Å². The Bertz CT molecular complexity index is 868. The highest BCUT2D eigenvalue weighted by atomic mass is 32.2. The molecule has 1 aliphatic carbocycles. The van der Waals surface area contributed by atoms with E-state index in [4.69, 9.17) is 9.26 Å². The lowest BCUT2D eigenvalue weighted by atomic mass is 9.80. The Morgan fingerprint density at radius 3 is 2.77 bits per heavy atom. The Morgan fingerprint density at radius 2 is 2.10 bits per heavy atom. The zero-order valence-corrected chi connectivity index (χ0v) is 18.5. The van der Waals surface area contributed by atoms with Gasteiger partial charge in [-0.15, -0.1) is 0 Å². The topological polar surface area (TPSA) is 118 Å². The van der Waals surface area contributed by atoms with Crippen molar-refractivity contribution in [3.63, 3.8) is 0 Å². The number of hydrogen-bond donors (Lipinski definition) is 1. The predicted molar refractivity (Wildman–Crippen MR) is 108 cm³/mol. The van der Waals surface area contributed by atoms with Crippen LogP contribution in [0.4, 0.5) is 0 Å². The second kappa shape index (κ2) is 8.52. The zero-order chi connectivity index (χ0) is 21.4. The van der Waals surface area contributed by atoms with Crippen LogP contribution in [0.3, 0.4) is 0 Å². The predicted octanol–water partition coefficient (Wildman–Crippen LogP) is -0.102. The van der Waals surface area contributed by atoms with Crippen LogP contribution in [0.2, 0.25) is 0 Å². The van der Waals surface area contributed by atoms with Crippen molar-refractivity contribution in [3.8, 4) is 0 Å². The molecule has 1 saturated carbocycles. The largest absolute Gasteiger partial charge is 0.379 e. The van der Waals surface area contributed by atoms with Gasteiger partial charge in [0.15, 0.2) is 5.82 Å². The third-order valence-electron chi connectivity index (χ3n) is 6.65. The Kier molecular flexibility index (Phi) is 6.16. The zero-order valence-electron chi connectivity index (χ0n) is 17.7. The number of ether oxygens (including phenoxy) is 1. The molecule has 11 heteroatoms. The van der Waals surface area contributed by atoms with Crippen LogP contribution in [0.5, 0.6) is 0 Å². The first-order chi connectivity index (χ1) is 14.3. The number of morpholine rings is 1. The van der Waals surface area contributed by atoms with E-state index in [1.807, 2.05) is 4.90 Å². The highest BCUT2D eigenvalue weighted by Crippen LogP contribution is 2.50. The Morgan fingerprint density at radius 1 is 1.33 bits per heavy atom. The fourth-order valence-corrected chi connectivity index (χ4v) is 5.91. The number of likely N-dealkylation sites (tertiary alicyclic amines) is 1. The average Bonchev–Trinajstić information content (AvgIpc) is 3.39. The third-order valence-corrected chi connectivity index (χ3v) is 8.11. The standard InChI is InChI=1S/C19H31N5O5S/c1-3-30(26,27)22-16-10-15-12-24(17(25)4-5-23-6-8-28-9-7-23)13-19(15,11-16)18-20-14(2)21-29-18/h15-16,22H,3-13H2,1-2H3/t15?,16-,19+/m1/s1. The first-order valence-corrected chi connectivity index (χ1v) is 12.4. The van der Waals surface area contributed by atoms with Crippen molar-refractivity contribution < 1.29 is 22.5 Å². The summed E-state index contributed by atoms with van der Waals surface area (Å²) in [5.74, 6) is 1.33. The summed E-state index contributed by atoms with van der Waals surface area (Å²) in [7, 11) is -3.30. The van der Waals surface area contributed by atoms with Gasteiger partial charge in [-0.05, 0) is 32.6 Å². The van der Waals surface area contributed by atoms with Gasteiger partial charge in [0.2, 0.25) is 21.8 Å². The van der Waals surface area contributed by atoms with E-state index in [-0.39, 0.29) is 23.6 Å². The molecule has 0 radical (unpaired) electrons. The molecule has 10 nitrogen and oxygen atoms in total. The molecule has 3 fully saturated rings. The van der Waals surface area contributed by atoms with Crippen LogP contribution >= 0.6 is 0 Å². The molecule has 0 spiro atoms. The number of rotatable bonds is 7. The molecule has 168 valence electrons. The lowest BCUT2D eigenvalue weighted by molar-refractivity contribution is -0.131. The summed E-state index contributed by atoms with van der Waals surface area (Å²) < 4.78 is 37.9. The smallest absolute Gasteiger partial charge is 0.235 e. The molecule has 1 amide bonds. The van der Waals surface area contributed by atoms with Gasteiger partial charge in [-0.3, -0.25) is 9.69 Å². The molecule has 1 N–H and O–H groups in total. The van der Waals surface area contributed by atoms with Crippen molar-refractivity contribution in [2.75, 3.05) is 51.7 Å². The Labute approximate surface area is 177 Å². The summed E-state index contributed by atoms with van der Waals surface area (Å²) in [6.45, 7) is 8.37. The fraction of sp³-hybridized carbons (Fsp3) is 0.842. The summed E-state index contributed by atoms with van der Waals surface area (Å²) in [6, 6.07) is -0.183. The van der Waals surface area contributed by atoms with Crippen molar-refractivity contribution in [2.45, 2.75) is 44.6 Å². The second-order valence-electron chi connectivity index (χ2n) is 8.64. The van der Waals surface area contributed by atoms with Gasteiger partial charge in [-0.1, -0.05) is 5.16 Å². The maximum Gasteiger partial charge on any atom is 0.235 e. The van der Waals surface area contributed by atoms with E-state index in [9.17, 15) is 13.2 Å². The van der Waals surface area contributed by atoms with Gasteiger partial charge in [0.05, 0.1) is 24.4 Å². The number of amides is 1. The van der Waals surface area contributed by atoms with Crippen LogP contribution < -0.4 is 4.72 Å². The number of aryl methyl sites for hydroxylation is 1. The van der Waals surface area contributed by atoms with Crippen molar-refractivity contribution in [3.05, 3.63) is 11.7 Å². The van der Waals surface area contributed by atoms with Gasteiger partial charge in [-0.2, -0.15) is 4.98 Å². The molecule has 3 atom stereocenters. The molecule has 0 bridgehead atoms. The van der Waals surface area contributed by atoms with Gasteiger partial charge in [0.25, 0.3) is 0 Å². The minimum absolute atomic E-state index is 0.0486. The maximum absolute atomic E-state index is 12.9. The molecular formula is C19H31N5O5S. The lowest BCUT2D eigenvalue weighted by Gasteiger charge is -2.28. The number of aromatic nitrogens is 2. The fourth-order valence-electron chi connectivity index (χ4n) is 5.06. The monoisotopic (exact) mass is 441 g/mol. The first kappa shape index (κ1) is 21.7. The molecule has 2 saturated heterocycles. The van der Waals surface area contributed by atoms with Crippen molar-refractivity contribution in [1.82, 2.24) is 24.7 Å². The van der Waals surface area contributed by atoms with E-state index in [1.165, 1.54) is 0 Å². The SMILES string of the molecule is CCS(=O)(=O)N[C@@H]1CC2CN(C(=O)CCN3CCOCC3)C[C@@]2(c2nc(C)no2)C1. The van der Waals surface area contributed by atoms with Crippen LogP contribution in [0.25, 0.3) is 0 Å². The first-order valence-electron chi connectivity index (χ1n) is 10.7. The molecule has 0 aromatic carbocycles. The van der Waals surface area contributed by atoms with E-state index in [0.29, 0.717) is 57.3 Å². The van der Waals surface area contributed by atoms with Gasteiger partial charge < -0.3 is 14.2 Å². The normalized spacial score (nSPS) is 30.0. The van der Waals surface area contributed by atoms with Crippen LogP contribution in [-0.2, 0) is 25.0 Å². The van der Waals surface area contributed by atoms with Crippen molar-refractivity contribution in [1.29, 1.82) is 0 Å². The summed E-state index contributed by atoms with van der Waals surface area (Å²) in [6.07, 6.45) is 1.69. The minimum Gasteiger partial charge on any atom is -0.379 e. The summed E-state index contributed by atoms with van der Waals surface area (Å²) in [5.41, 5.74) is -0.489. The molecule has 3 aliphatic rings. The van der Waals surface area contributed by atoms with Gasteiger partial charge in [0.1, 0.15) is 0 Å². The quantitative estimate of drug-likeness (QED) is 0.623. The van der Waals surface area contributed by atoms with E-state index in [2.05, 4.69) is 19.8 Å². The Balaban J connectivity index is 1.46. The highest BCUT2D eigenvalue weighted by Gasteiger charge is 2.58. The molecule has 2 aliphatic heterocycles. The number of fused-ring (bicyclic) bond motifs is 1. The molecule has 30 heavy (non-hydrogen) atoms. The molecule has 1 aromatic rings. The molecular weight excluding hydrogens is 410 g/mol. The lowest BCUT2D eigenvalue weighted by Crippen LogP contribution is -2.41. The van der Waals surface area contributed by atoms with Gasteiger partial charge in [0, 0.05) is 45.2 Å². The van der Waals surface area contributed by atoms with Gasteiger partial charge in [-0.25, -0.2) is 13.1 Å². The highest BCUT2D eigenvalue weighted by molar-refractivity contribution is 7.89. The van der Waals surface area contributed by atoms with E-state index in [0.717, 1.165) is 19.6 Å². The number of hydrogen-bond acceptors (Lipinski definition) is 8. The van der Waals surface area contributed by atoms with Crippen LogP contribution in [0.1, 0.15) is 37.9 Å². The van der Waals surface area contributed by atoms with Crippen LogP contribution in [0.15, 0.2) is 4.52 Å². The van der Waals surface area contributed by atoms with Crippen molar-refractivity contribution in [2.24, 2.45) is 5.92 Å². The Hall–Kier alpha value is -1.56. The number of nitrogens with one attached hydrogen (secondary N) is 1. The van der Waals surface area contributed by atoms with Gasteiger partial charge >= 0.3 is 0 Å². The number of sulfonamides is 1. The van der Waals surface area contributed by atoms with E-state index < -0.39 is 15.4 Å². The van der Waals surface area contributed by atoms with Crippen LogP contribution in [-0.4, -0.2) is 92.0 Å². The molecule has 1 aromatic heterocycles. The van der Waals surface area contributed by atoms with Crippen molar-refractivity contribution >= 4 is 15.9 Å². The molecule has 4 rings (SSSR count). The number of carbonyl (C=O) groups is 1. The molecule has 3 heterocycles. The summed E-state index contributed by atoms with van der Waals surface area (Å²) >= 11 is 0. The molecule has 1 unspecified atom stereocenters. The average molecular weight is 442 g/mol. The second-order valence-corrected chi connectivity index (χ2v) is 10.7. The minimum atomic E-state index is -3.30. The third kappa shape index (κ3) is 4.39. The number of carbonyl (C=O) groups excluding carboxylic acids is 1. The summed E-state index contributed by atoms with van der Waals surface area (Å²) in [5, 5.41) is 3.95.